The second kappa shape index (κ2) is 5.27. The van der Waals surface area contributed by atoms with Crippen molar-refractivity contribution in [3.8, 4) is 0 Å². The summed E-state index contributed by atoms with van der Waals surface area (Å²) in [4.78, 5) is 0. The summed E-state index contributed by atoms with van der Waals surface area (Å²) >= 11 is 0. The summed E-state index contributed by atoms with van der Waals surface area (Å²) in [6.07, 6.45) is 0. The molecule has 2 aromatic rings. The first-order valence-electron chi connectivity index (χ1n) is 5.45. The minimum absolute atomic E-state index is 0.0807. The van der Waals surface area contributed by atoms with Gasteiger partial charge in [-0.2, -0.15) is 0 Å². The zero-order valence-corrected chi connectivity index (χ0v) is 9.77. The number of aryl methyl sites for hydroxylation is 1. The van der Waals surface area contributed by atoms with Gasteiger partial charge in [0.05, 0.1) is 6.54 Å². The Kier molecular flexibility index (Phi) is 3.72. The fourth-order valence-corrected chi connectivity index (χ4v) is 1.60. The van der Waals surface area contributed by atoms with E-state index in [0.717, 1.165) is 11.8 Å². The van der Waals surface area contributed by atoms with Crippen LogP contribution in [0.4, 0.5) is 13.2 Å². The van der Waals surface area contributed by atoms with Gasteiger partial charge in [-0.3, -0.25) is 0 Å². The lowest BCUT2D eigenvalue weighted by Gasteiger charge is -2.05. The van der Waals surface area contributed by atoms with Crippen molar-refractivity contribution in [2.24, 2.45) is 0 Å². The van der Waals surface area contributed by atoms with E-state index in [1.54, 1.807) is 6.07 Å². The molecule has 0 amide bonds. The molecule has 1 N–H and O–H groups in total. The first-order valence-corrected chi connectivity index (χ1v) is 5.45. The van der Waals surface area contributed by atoms with Gasteiger partial charge in [-0.15, -0.1) is 0 Å². The Morgan fingerprint density at radius 3 is 2.39 bits per heavy atom. The van der Waals surface area contributed by atoms with Crippen molar-refractivity contribution < 1.29 is 17.6 Å². The van der Waals surface area contributed by atoms with Gasteiger partial charge in [-0.1, -0.05) is 0 Å². The van der Waals surface area contributed by atoms with E-state index in [4.69, 9.17) is 4.42 Å². The molecule has 0 unspecified atom stereocenters. The molecule has 1 heterocycles. The quantitative estimate of drug-likeness (QED) is 0.848. The summed E-state index contributed by atoms with van der Waals surface area (Å²) in [6.45, 7) is 2.31. The summed E-state index contributed by atoms with van der Waals surface area (Å²) in [5, 5.41) is 2.90. The molecule has 0 aliphatic rings. The van der Waals surface area contributed by atoms with Crippen molar-refractivity contribution in [1.82, 2.24) is 5.32 Å². The van der Waals surface area contributed by atoms with Gasteiger partial charge >= 0.3 is 0 Å². The Morgan fingerprint density at radius 1 is 1.00 bits per heavy atom. The van der Waals surface area contributed by atoms with Crippen molar-refractivity contribution in [3.05, 3.63) is 58.8 Å². The van der Waals surface area contributed by atoms with E-state index in [0.29, 0.717) is 18.4 Å². The molecule has 96 valence electrons. The maximum atomic E-state index is 13.3. The largest absolute Gasteiger partial charge is 0.465 e. The topological polar surface area (TPSA) is 25.2 Å². The molecule has 1 aromatic carbocycles. The Bertz CT molecular complexity index is 551. The number of rotatable bonds is 4. The van der Waals surface area contributed by atoms with Crippen LogP contribution in [-0.4, -0.2) is 0 Å². The highest BCUT2D eigenvalue weighted by Gasteiger charge is 2.09. The van der Waals surface area contributed by atoms with Crippen LogP contribution in [0.2, 0.25) is 0 Å². The van der Waals surface area contributed by atoms with E-state index < -0.39 is 17.5 Å². The van der Waals surface area contributed by atoms with Crippen LogP contribution >= 0.6 is 0 Å². The summed E-state index contributed by atoms with van der Waals surface area (Å²) in [6, 6.07) is 5.01. The molecule has 0 radical (unpaired) electrons. The minimum atomic E-state index is -1.18. The molecule has 0 atom stereocenters. The predicted molar refractivity (Wildman–Crippen MR) is 60.3 cm³/mol. The zero-order chi connectivity index (χ0) is 13.1. The monoisotopic (exact) mass is 255 g/mol. The van der Waals surface area contributed by atoms with E-state index in [9.17, 15) is 13.2 Å². The Labute approximate surface area is 102 Å². The molecular formula is C13H12F3NO. The van der Waals surface area contributed by atoms with Crippen molar-refractivity contribution >= 4 is 0 Å². The summed E-state index contributed by atoms with van der Waals surface area (Å²) in [7, 11) is 0. The second-order valence-electron chi connectivity index (χ2n) is 3.97. The molecule has 0 fully saturated rings. The van der Waals surface area contributed by atoms with Gasteiger partial charge in [0.2, 0.25) is 0 Å². The third kappa shape index (κ3) is 2.92. The van der Waals surface area contributed by atoms with Crippen molar-refractivity contribution in [2.75, 3.05) is 0 Å². The third-order valence-corrected chi connectivity index (χ3v) is 2.50. The average Bonchev–Trinajstić information content (AvgIpc) is 2.71. The number of hydrogen-bond acceptors (Lipinski definition) is 2. The molecule has 0 aliphatic carbocycles. The fourth-order valence-electron chi connectivity index (χ4n) is 1.60. The smallest absolute Gasteiger partial charge is 0.161 e. The summed E-state index contributed by atoms with van der Waals surface area (Å²) in [5.74, 6) is -1.52. The third-order valence-electron chi connectivity index (χ3n) is 2.50. The predicted octanol–water partition coefficient (Wildman–Crippen LogP) is 3.30. The van der Waals surface area contributed by atoms with E-state index >= 15 is 0 Å². The zero-order valence-electron chi connectivity index (χ0n) is 9.77. The SMILES string of the molecule is Cc1ccc(CNCc2cc(F)c(F)cc2F)o1. The van der Waals surface area contributed by atoms with Crippen LogP contribution < -0.4 is 5.32 Å². The highest BCUT2D eigenvalue weighted by molar-refractivity contribution is 5.20. The van der Waals surface area contributed by atoms with Crippen LogP contribution in [0.15, 0.2) is 28.7 Å². The summed E-state index contributed by atoms with van der Waals surface area (Å²) < 4.78 is 44.2. The molecule has 2 nitrogen and oxygen atoms in total. The van der Waals surface area contributed by atoms with Gasteiger partial charge in [-0.05, 0) is 25.1 Å². The lowest BCUT2D eigenvalue weighted by molar-refractivity contribution is 0.456. The van der Waals surface area contributed by atoms with Crippen LogP contribution in [-0.2, 0) is 13.1 Å². The molecule has 0 spiro atoms. The molecule has 0 saturated carbocycles. The molecular weight excluding hydrogens is 243 g/mol. The van der Waals surface area contributed by atoms with Gasteiger partial charge in [0.25, 0.3) is 0 Å². The number of halogens is 3. The van der Waals surface area contributed by atoms with E-state index in [1.165, 1.54) is 0 Å². The van der Waals surface area contributed by atoms with E-state index in [2.05, 4.69) is 5.32 Å². The number of hydrogen-bond donors (Lipinski definition) is 1. The second-order valence-corrected chi connectivity index (χ2v) is 3.97. The van der Waals surface area contributed by atoms with Crippen LogP contribution in [0, 0.1) is 24.4 Å². The minimum Gasteiger partial charge on any atom is -0.465 e. The molecule has 2 rings (SSSR count). The Balaban J connectivity index is 1.96. The number of furan rings is 1. The molecule has 0 bridgehead atoms. The van der Waals surface area contributed by atoms with Crippen LogP contribution in [0.5, 0.6) is 0 Å². The number of benzene rings is 1. The van der Waals surface area contributed by atoms with Gasteiger partial charge < -0.3 is 9.73 Å². The van der Waals surface area contributed by atoms with Crippen LogP contribution in [0.3, 0.4) is 0 Å². The lowest BCUT2D eigenvalue weighted by Crippen LogP contribution is -2.13. The Hall–Kier alpha value is -1.75. The molecule has 1 aromatic heterocycles. The highest BCUT2D eigenvalue weighted by atomic mass is 19.2. The number of nitrogens with one attached hydrogen (secondary N) is 1. The molecule has 18 heavy (non-hydrogen) atoms. The van der Waals surface area contributed by atoms with Gasteiger partial charge in [0.1, 0.15) is 17.3 Å². The fraction of sp³-hybridized carbons (Fsp3) is 0.231. The molecule has 0 saturated heterocycles. The first kappa shape index (κ1) is 12.7. The Morgan fingerprint density at radius 2 is 1.72 bits per heavy atom. The van der Waals surface area contributed by atoms with E-state index in [1.807, 2.05) is 13.0 Å². The first-order chi connectivity index (χ1) is 8.56. The van der Waals surface area contributed by atoms with Gasteiger partial charge in [0.15, 0.2) is 11.6 Å². The average molecular weight is 255 g/mol. The summed E-state index contributed by atoms with van der Waals surface area (Å²) in [5.41, 5.74) is 0.0807. The molecule has 0 aliphatic heterocycles. The van der Waals surface area contributed by atoms with Crippen LogP contribution in [0.1, 0.15) is 17.1 Å². The van der Waals surface area contributed by atoms with Crippen molar-refractivity contribution in [2.45, 2.75) is 20.0 Å². The lowest BCUT2D eigenvalue weighted by atomic mass is 10.2. The van der Waals surface area contributed by atoms with E-state index in [-0.39, 0.29) is 12.1 Å². The van der Waals surface area contributed by atoms with Gasteiger partial charge in [-0.25, -0.2) is 13.2 Å². The van der Waals surface area contributed by atoms with Gasteiger partial charge in [0, 0.05) is 18.2 Å². The van der Waals surface area contributed by atoms with Crippen molar-refractivity contribution in [3.63, 3.8) is 0 Å². The van der Waals surface area contributed by atoms with Crippen LogP contribution in [0.25, 0.3) is 0 Å². The normalized spacial score (nSPS) is 10.9. The molecule has 5 heteroatoms. The maximum absolute atomic E-state index is 13.3. The maximum Gasteiger partial charge on any atom is 0.161 e. The highest BCUT2D eigenvalue weighted by Crippen LogP contribution is 2.14. The standard InChI is InChI=1S/C13H12F3NO/c1-8-2-3-10(18-8)7-17-6-9-4-12(15)13(16)5-11(9)14/h2-5,17H,6-7H2,1H3. The van der Waals surface area contributed by atoms with Crippen molar-refractivity contribution in [1.29, 1.82) is 0 Å².